The molecule has 0 saturated carbocycles. The number of halogens is 6. The number of nitrogens with two attached hydrogens (primary N) is 1. The lowest BCUT2D eigenvalue weighted by atomic mass is 10.2. The van der Waals surface area contributed by atoms with Gasteiger partial charge in [0.05, 0.1) is 10.2 Å². The van der Waals surface area contributed by atoms with Gasteiger partial charge in [0, 0.05) is 6.20 Å². The molecule has 1 aromatic rings. The van der Waals surface area contributed by atoms with Crippen molar-refractivity contribution < 1.29 is 26.7 Å². The molecule has 2 N–H and O–H groups in total. The van der Waals surface area contributed by atoms with Crippen LogP contribution in [0.5, 0.6) is 5.88 Å². The zero-order valence-corrected chi connectivity index (χ0v) is 8.94. The van der Waals surface area contributed by atoms with Crippen LogP contribution in [0.1, 0.15) is 12.0 Å². The molecule has 90 valence electrons. The fourth-order valence-electron chi connectivity index (χ4n) is 0.900. The first-order chi connectivity index (χ1) is 7.22. The Kier molecular flexibility index (Phi) is 3.56. The van der Waals surface area contributed by atoms with Gasteiger partial charge in [-0.2, -0.15) is 0 Å². The lowest BCUT2D eigenvalue weighted by molar-refractivity contribution is -0.276. The molecule has 0 aliphatic carbocycles. The molecule has 9 heteroatoms. The normalized spacial score (nSPS) is 11.9. The predicted octanol–water partition coefficient (Wildman–Crippen LogP) is 3.26. The first-order valence-electron chi connectivity index (χ1n) is 3.70. The Bertz CT molecular complexity index is 395. The van der Waals surface area contributed by atoms with Crippen molar-refractivity contribution in [2.45, 2.75) is 12.8 Å². The second-order valence-corrected chi connectivity index (χ2v) is 3.44. The second kappa shape index (κ2) is 4.40. The van der Waals surface area contributed by atoms with Crippen molar-refractivity contribution in [2.75, 3.05) is 5.73 Å². The van der Waals surface area contributed by atoms with Crippen LogP contribution in [0.25, 0.3) is 0 Å². The van der Waals surface area contributed by atoms with Crippen LogP contribution < -0.4 is 10.5 Å². The number of aromatic nitrogens is 1. The zero-order valence-electron chi connectivity index (χ0n) is 7.36. The molecule has 1 heterocycles. The van der Waals surface area contributed by atoms with E-state index in [1.54, 1.807) is 0 Å². The standard InChI is InChI=1S/C7H4BrF5N2O/c8-2-1-15-6(16-7(11,12)13)3(4(2)14)5(9)10/h1,5H,(H2,14,15). The van der Waals surface area contributed by atoms with Crippen molar-refractivity contribution in [3.05, 3.63) is 16.2 Å². The Morgan fingerprint density at radius 2 is 1.94 bits per heavy atom. The van der Waals surface area contributed by atoms with E-state index in [9.17, 15) is 22.0 Å². The molecule has 16 heavy (non-hydrogen) atoms. The van der Waals surface area contributed by atoms with E-state index in [2.05, 4.69) is 25.7 Å². The number of rotatable bonds is 2. The molecule has 0 radical (unpaired) electrons. The van der Waals surface area contributed by atoms with Gasteiger partial charge in [0.2, 0.25) is 5.88 Å². The molecule has 0 amide bonds. The number of pyridine rings is 1. The maximum atomic E-state index is 12.5. The molecule has 0 unspecified atom stereocenters. The van der Waals surface area contributed by atoms with Gasteiger partial charge in [0.25, 0.3) is 6.43 Å². The van der Waals surface area contributed by atoms with E-state index in [0.717, 1.165) is 6.20 Å². The van der Waals surface area contributed by atoms with E-state index in [4.69, 9.17) is 5.73 Å². The predicted molar refractivity (Wildman–Crippen MR) is 48.0 cm³/mol. The first-order valence-corrected chi connectivity index (χ1v) is 4.49. The molecule has 0 aromatic carbocycles. The molecule has 0 spiro atoms. The van der Waals surface area contributed by atoms with Gasteiger partial charge in [-0.3, -0.25) is 0 Å². The summed E-state index contributed by atoms with van der Waals surface area (Å²) >= 11 is 2.77. The van der Waals surface area contributed by atoms with Crippen molar-refractivity contribution >= 4 is 21.6 Å². The van der Waals surface area contributed by atoms with Gasteiger partial charge in [-0.15, -0.1) is 13.2 Å². The van der Waals surface area contributed by atoms with Crippen molar-refractivity contribution in [2.24, 2.45) is 0 Å². The van der Waals surface area contributed by atoms with Crippen molar-refractivity contribution in [1.82, 2.24) is 4.98 Å². The summed E-state index contributed by atoms with van der Waals surface area (Å²) in [5.41, 5.74) is 3.56. The summed E-state index contributed by atoms with van der Waals surface area (Å²) in [6.45, 7) is 0. The topological polar surface area (TPSA) is 48.1 Å². The minimum atomic E-state index is -5.10. The summed E-state index contributed by atoms with van der Waals surface area (Å²) in [5.74, 6) is -1.25. The fourth-order valence-corrected chi connectivity index (χ4v) is 1.22. The highest BCUT2D eigenvalue weighted by atomic mass is 79.9. The van der Waals surface area contributed by atoms with Crippen LogP contribution in [0.2, 0.25) is 0 Å². The van der Waals surface area contributed by atoms with Crippen LogP contribution >= 0.6 is 15.9 Å². The number of nitrogen functional groups attached to an aromatic ring is 1. The zero-order chi connectivity index (χ0) is 12.5. The molecular formula is C7H4BrF5N2O. The number of ether oxygens (including phenoxy) is 1. The van der Waals surface area contributed by atoms with Crippen molar-refractivity contribution in [3.8, 4) is 5.88 Å². The van der Waals surface area contributed by atoms with E-state index in [1.165, 1.54) is 0 Å². The molecule has 3 nitrogen and oxygen atoms in total. The molecular weight excluding hydrogens is 303 g/mol. The van der Waals surface area contributed by atoms with Gasteiger partial charge in [-0.1, -0.05) is 0 Å². The van der Waals surface area contributed by atoms with Crippen LogP contribution in [-0.4, -0.2) is 11.3 Å². The highest BCUT2D eigenvalue weighted by Gasteiger charge is 2.35. The Hall–Kier alpha value is -1.12. The largest absolute Gasteiger partial charge is 0.574 e. The Morgan fingerprint density at radius 1 is 1.38 bits per heavy atom. The van der Waals surface area contributed by atoms with Crippen LogP contribution in [-0.2, 0) is 0 Å². The third kappa shape index (κ3) is 2.94. The van der Waals surface area contributed by atoms with Gasteiger partial charge in [0.1, 0.15) is 5.56 Å². The third-order valence-electron chi connectivity index (χ3n) is 1.50. The maximum absolute atomic E-state index is 12.5. The average Bonchev–Trinajstić information content (AvgIpc) is 2.08. The monoisotopic (exact) mass is 306 g/mol. The molecule has 1 rings (SSSR count). The van der Waals surface area contributed by atoms with Gasteiger partial charge in [0.15, 0.2) is 0 Å². The fraction of sp³-hybridized carbons (Fsp3) is 0.286. The summed E-state index contributed by atoms with van der Waals surface area (Å²) in [6.07, 6.45) is -7.47. The van der Waals surface area contributed by atoms with E-state index in [-0.39, 0.29) is 4.47 Å². The Morgan fingerprint density at radius 3 is 2.38 bits per heavy atom. The van der Waals surface area contributed by atoms with Gasteiger partial charge in [-0.25, -0.2) is 13.8 Å². The molecule has 0 aliphatic rings. The van der Waals surface area contributed by atoms with Crippen LogP contribution in [0, 0.1) is 0 Å². The SMILES string of the molecule is Nc1c(Br)cnc(OC(F)(F)F)c1C(F)F. The highest BCUT2D eigenvalue weighted by molar-refractivity contribution is 9.10. The Labute approximate surface area is 94.5 Å². The minimum Gasteiger partial charge on any atom is -0.397 e. The van der Waals surface area contributed by atoms with E-state index in [1.807, 2.05) is 0 Å². The summed E-state index contributed by atoms with van der Waals surface area (Å²) in [7, 11) is 0. The van der Waals surface area contributed by atoms with Crippen molar-refractivity contribution in [1.29, 1.82) is 0 Å². The summed E-state index contributed by atoms with van der Waals surface area (Å²) in [5, 5.41) is 0. The maximum Gasteiger partial charge on any atom is 0.574 e. The van der Waals surface area contributed by atoms with Crippen LogP contribution in [0.15, 0.2) is 10.7 Å². The number of hydrogen-bond donors (Lipinski definition) is 1. The van der Waals surface area contributed by atoms with Gasteiger partial charge >= 0.3 is 6.36 Å². The molecule has 0 aliphatic heterocycles. The van der Waals surface area contributed by atoms with E-state index >= 15 is 0 Å². The molecule has 0 saturated heterocycles. The third-order valence-corrected chi connectivity index (χ3v) is 2.14. The van der Waals surface area contributed by atoms with E-state index in [0.29, 0.717) is 0 Å². The number of nitrogens with zero attached hydrogens (tertiary/aromatic N) is 1. The molecule has 1 aromatic heterocycles. The van der Waals surface area contributed by atoms with E-state index < -0.39 is 29.9 Å². The number of hydrogen-bond acceptors (Lipinski definition) is 3. The average molecular weight is 307 g/mol. The minimum absolute atomic E-state index is 0.0303. The smallest absolute Gasteiger partial charge is 0.397 e. The summed E-state index contributed by atoms with van der Waals surface area (Å²) < 4.78 is 63.8. The van der Waals surface area contributed by atoms with Crippen LogP contribution in [0.3, 0.4) is 0 Å². The number of anilines is 1. The quantitative estimate of drug-likeness (QED) is 0.853. The lowest BCUT2D eigenvalue weighted by Crippen LogP contribution is -2.19. The van der Waals surface area contributed by atoms with Gasteiger partial charge in [-0.05, 0) is 15.9 Å². The second-order valence-electron chi connectivity index (χ2n) is 2.59. The summed E-state index contributed by atoms with van der Waals surface area (Å²) in [6, 6.07) is 0. The van der Waals surface area contributed by atoms with Crippen LogP contribution in [0.4, 0.5) is 27.6 Å². The molecule has 0 bridgehead atoms. The molecule has 0 fully saturated rings. The number of alkyl halides is 5. The first kappa shape index (κ1) is 12.9. The molecule has 0 atom stereocenters. The Balaban J connectivity index is 3.24. The van der Waals surface area contributed by atoms with Gasteiger partial charge < -0.3 is 10.5 Å². The van der Waals surface area contributed by atoms with Crippen molar-refractivity contribution in [3.63, 3.8) is 0 Å². The lowest BCUT2D eigenvalue weighted by Gasteiger charge is -2.13. The highest BCUT2D eigenvalue weighted by Crippen LogP contribution is 2.38. The summed E-state index contributed by atoms with van der Waals surface area (Å²) in [4.78, 5) is 3.10.